The van der Waals surface area contributed by atoms with Gasteiger partial charge in [-0.05, 0) is 68.1 Å². The van der Waals surface area contributed by atoms with E-state index < -0.39 is 5.60 Å². The topological polar surface area (TPSA) is 52.6 Å². The molecule has 4 aliphatic carbocycles. The van der Waals surface area contributed by atoms with Gasteiger partial charge in [-0.15, -0.1) is 5.73 Å². The summed E-state index contributed by atoms with van der Waals surface area (Å²) in [5, 5.41) is 0. The average molecular weight is 413 g/mol. The zero-order chi connectivity index (χ0) is 21.7. The smallest absolute Gasteiger partial charge is 0.303 e. The summed E-state index contributed by atoms with van der Waals surface area (Å²) in [5.74, 6) is 1.40. The third-order valence-electron chi connectivity index (χ3n) is 9.24. The molecule has 164 valence electrons. The number of hydrogen-bond donors (Lipinski definition) is 0. The highest BCUT2D eigenvalue weighted by atomic mass is 16.6. The van der Waals surface area contributed by atoms with Gasteiger partial charge in [-0.1, -0.05) is 32.1 Å². The van der Waals surface area contributed by atoms with Gasteiger partial charge in [0.05, 0.1) is 0 Å². The number of hydrogen-bond acceptors (Lipinski definition) is 4. The molecule has 0 radical (unpaired) electrons. The number of fused-ring (bicyclic) bond motifs is 5. The predicted octanol–water partition coefficient (Wildman–Crippen LogP) is 5.52. The van der Waals surface area contributed by atoms with E-state index in [0.717, 1.165) is 51.4 Å². The molecule has 0 N–H and O–H groups in total. The number of carbonyl (C=O) groups is 2. The summed E-state index contributed by atoms with van der Waals surface area (Å²) < 4.78 is 11.6. The van der Waals surface area contributed by atoms with Crippen molar-refractivity contribution in [3.05, 3.63) is 30.0 Å². The van der Waals surface area contributed by atoms with E-state index in [-0.39, 0.29) is 28.9 Å². The molecule has 0 bridgehead atoms. The van der Waals surface area contributed by atoms with Gasteiger partial charge in [-0.2, -0.15) is 0 Å². The second-order valence-corrected chi connectivity index (χ2v) is 10.6. The number of esters is 2. The molecule has 0 heterocycles. The summed E-state index contributed by atoms with van der Waals surface area (Å²) in [6.45, 7) is 11.6. The Hall–Kier alpha value is -1.80. The highest BCUT2D eigenvalue weighted by Gasteiger charge is 2.65. The van der Waals surface area contributed by atoms with E-state index in [1.807, 2.05) is 6.08 Å². The Labute approximate surface area is 180 Å². The van der Waals surface area contributed by atoms with E-state index in [1.165, 1.54) is 19.4 Å². The van der Waals surface area contributed by atoms with Gasteiger partial charge in [0.2, 0.25) is 0 Å². The van der Waals surface area contributed by atoms with Crippen LogP contribution < -0.4 is 0 Å². The molecule has 4 heteroatoms. The fraction of sp³-hybridized carbons (Fsp3) is 0.731. The molecule has 7 atom stereocenters. The molecule has 0 aromatic carbocycles. The first-order valence-corrected chi connectivity index (χ1v) is 11.6. The van der Waals surface area contributed by atoms with E-state index in [0.29, 0.717) is 17.8 Å². The molecule has 30 heavy (non-hydrogen) atoms. The Morgan fingerprint density at radius 1 is 1.10 bits per heavy atom. The molecule has 3 fully saturated rings. The fourth-order valence-electron chi connectivity index (χ4n) is 7.85. The summed E-state index contributed by atoms with van der Waals surface area (Å²) in [6, 6.07) is 0. The van der Waals surface area contributed by atoms with Gasteiger partial charge in [0.1, 0.15) is 11.7 Å². The van der Waals surface area contributed by atoms with Crippen molar-refractivity contribution in [2.75, 3.05) is 0 Å². The molecule has 0 spiro atoms. The summed E-state index contributed by atoms with van der Waals surface area (Å²) in [7, 11) is 0. The van der Waals surface area contributed by atoms with Crippen molar-refractivity contribution in [3.8, 4) is 0 Å². The number of allylic oxidation sites excluding steroid dienone is 1. The van der Waals surface area contributed by atoms with Crippen LogP contribution in [0.25, 0.3) is 0 Å². The first kappa shape index (κ1) is 21.4. The van der Waals surface area contributed by atoms with Crippen LogP contribution in [0.1, 0.15) is 79.1 Å². The van der Waals surface area contributed by atoms with Crippen molar-refractivity contribution >= 4 is 11.9 Å². The Morgan fingerprint density at radius 2 is 1.83 bits per heavy atom. The van der Waals surface area contributed by atoms with Gasteiger partial charge in [0, 0.05) is 31.8 Å². The maximum Gasteiger partial charge on any atom is 0.303 e. The average Bonchev–Trinajstić information content (AvgIpc) is 2.94. The van der Waals surface area contributed by atoms with Crippen molar-refractivity contribution in [3.63, 3.8) is 0 Å². The lowest BCUT2D eigenvalue weighted by Gasteiger charge is -2.59. The second-order valence-electron chi connectivity index (χ2n) is 10.6. The first-order chi connectivity index (χ1) is 14.1. The van der Waals surface area contributed by atoms with Crippen molar-refractivity contribution < 1.29 is 19.1 Å². The summed E-state index contributed by atoms with van der Waals surface area (Å²) >= 11 is 0. The predicted molar refractivity (Wildman–Crippen MR) is 115 cm³/mol. The van der Waals surface area contributed by atoms with E-state index >= 15 is 0 Å². The van der Waals surface area contributed by atoms with Crippen LogP contribution in [0.4, 0.5) is 0 Å². The van der Waals surface area contributed by atoms with Crippen molar-refractivity contribution in [1.82, 2.24) is 0 Å². The Bertz CT molecular complexity index is 821. The molecule has 0 aromatic rings. The number of ether oxygens (including phenoxy) is 2. The van der Waals surface area contributed by atoms with Crippen LogP contribution in [-0.2, 0) is 19.1 Å². The molecule has 4 nitrogen and oxygen atoms in total. The Morgan fingerprint density at radius 3 is 2.50 bits per heavy atom. The summed E-state index contributed by atoms with van der Waals surface area (Å²) in [5.41, 5.74) is 4.01. The van der Waals surface area contributed by atoms with Gasteiger partial charge in [0.25, 0.3) is 0 Å². The molecule has 0 aliphatic heterocycles. The highest BCUT2D eigenvalue weighted by molar-refractivity contribution is 5.67. The molecule has 4 rings (SSSR count). The third kappa shape index (κ3) is 3.11. The number of rotatable bonds is 3. The normalized spacial score (nSPS) is 44.5. The van der Waals surface area contributed by atoms with Gasteiger partial charge >= 0.3 is 11.9 Å². The van der Waals surface area contributed by atoms with Crippen LogP contribution in [0.2, 0.25) is 0 Å². The Kier molecular flexibility index (Phi) is 5.29. The minimum atomic E-state index is -0.575. The van der Waals surface area contributed by atoms with Gasteiger partial charge in [-0.25, -0.2) is 0 Å². The van der Waals surface area contributed by atoms with E-state index in [2.05, 4.69) is 32.2 Å². The largest absolute Gasteiger partial charge is 0.462 e. The zero-order valence-corrected chi connectivity index (χ0v) is 19.0. The van der Waals surface area contributed by atoms with E-state index in [1.54, 1.807) is 0 Å². The maximum absolute atomic E-state index is 12.0. The highest BCUT2D eigenvalue weighted by Crippen LogP contribution is 2.68. The molecular weight excluding hydrogens is 376 g/mol. The minimum absolute atomic E-state index is 0.0352. The summed E-state index contributed by atoms with van der Waals surface area (Å²) in [6.07, 6.45) is 12.6. The molecule has 0 aromatic heterocycles. The first-order valence-electron chi connectivity index (χ1n) is 11.6. The van der Waals surface area contributed by atoms with E-state index in [4.69, 9.17) is 9.47 Å². The minimum Gasteiger partial charge on any atom is -0.462 e. The lowest BCUT2D eigenvalue weighted by molar-refractivity contribution is -0.170. The second kappa shape index (κ2) is 7.41. The molecule has 0 unspecified atom stereocenters. The molecule has 4 aliphatic rings. The van der Waals surface area contributed by atoms with Crippen molar-refractivity contribution in [2.45, 2.75) is 90.8 Å². The van der Waals surface area contributed by atoms with Gasteiger partial charge in [0.15, 0.2) is 0 Å². The van der Waals surface area contributed by atoms with Crippen LogP contribution >= 0.6 is 0 Å². The lowest BCUT2D eigenvalue weighted by Crippen LogP contribution is -2.55. The Balaban J connectivity index is 1.63. The van der Waals surface area contributed by atoms with Crippen molar-refractivity contribution in [2.24, 2.45) is 28.6 Å². The van der Waals surface area contributed by atoms with Gasteiger partial charge < -0.3 is 9.47 Å². The number of carbonyl (C=O) groups excluding carboxylic acids is 2. The molecule has 0 amide bonds. The van der Waals surface area contributed by atoms with E-state index in [9.17, 15) is 9.59 Å². The summed E-state index contributed by atoms with van der Waals surface area (Å²) in [4.78, 5) is 23.4. The van der Waals surface area contributed by atoms with Crippen LogP contribution in [-0.4, -0.2) is 23.6 Å². The van der Waals surface area contributed by atoms with Crippen LogP contribution in [0, 0.1) is 28.6 Å². The SMILES string of the molecule is C=C=C[C@]1(OC(C)=O)CC[C@H]2[C@@H]3CC=C4C[C@H](OC(C)=O)CC[C@]4(C)[C@H]3CC[C@@]21C. The standard InChI is InChI=1S/C26H36O4/c1-6-12-26(30-18(3)28)15-11-23-21-8-7-19-16-20(29-17(2)27)9-13-24(19,4)22(21)10-14-25(23,26)5/h7,12,20-23H,1,8-11,13-16H2,2-5H3/t20-,21-,22+,23+,24+,25+,26+/m1/s1. The fourth-order valence-corrected chi connectivity index (χ4v) is 7.85. The monoisotopic (exact) mass is 412 g/mol. The quantitative estimate of drug-likeness (QED) is 0.348. The maximum atomic E-state index is 12.0. The van der Waals surface area contributed by atoms with Crippen LogP contribution in [0.5, 0.6) is 0 Å². The molecule has 3 saturated carbocycles. The van der Waals surface area contributed by atoms with Crippen LogP contribution in [0.15, 0.2) is 30.0 Å². The molecular formula is C26H36O4. The molecule has 0 saturated heterocycles. The lowest BCUT2D eigenvalue weighted by atomic mass is 9.47. The van der Waals surface area contributed by atoms with Crippen LogP contribution in [0.3, 0.4) is 0 Å². The third-order valence-corrected chi connectivity index (χ3v) is 9.24. The zero-order valence-electron chi connectivity index (χ0n) is 19.0. The van der Waals surface area contributed by atoms with Gasteiger partial charge in [-0.3, -0.25) is 9.59 Å². The van der Waals surface area contributed by atoms with Crippen molar-refractivity contribution in [1.29, 1.82) is 0 Å².